The molecule has 0 saturated heterocycles. The molecule has 2 aliphatic rings. The summed E-state index contributed by atoms with van der Waals surface area (Å²) in [4.78, 5) is 5.43. The average molecular weight is 483 g/mol. The Labute approximate surface area is 215 Å². The summed E-state index contributed by atoms with van der Waals surface area (Å²) >= 11 is 6.53. The second-order valence-electron chi connectivity index (χ2n) is 9.28. The van der Waals surface area contributed by atoms with Gasteiger partial charge in [-0.2, -0.15) is 0 Å². The molecule has 0 N–H and O–H groups in total. The Morgan fingerprint density at radius 2 is 1.64 bits per heavy atom. The molecule has 3 heteroatoms. The van der Waals surface area contributed by atoms with Crippen LogP contribution in [0.25, 0.3) is 50.1 Å². The molecule has 0 bridgehead atoms. The lowest BCUT2D eigenvalue weighted by Crippen LogP contribution is -2.03. The predicted molar refractivity (Wildman–Crippen MR) is 151 cm³/mol. The van der Waals surface area contributed by atoms with Gasteiger partial charge in [-0.25, -0.2) is 4.98 Å². The topological polar surface area (TPSA) is 17.8 Å². The molecule has 2 heterocycles. The van der Waals surface area contributed by atoms with Crippen LogP contribution in [-0.2, 0) is 6.54 Å². The maximum absolute atomic E-state index is 6.53. The van der Waals surface area contributed by atoms with Crippen LogP contribution in [0.2, 0.25) is 5.02 Å². The summed E-state index contributed by atoms with van der Waals surface area (Å²) in [7, 11) is 0. The van der Waals surface area contributed by atoms with Crippen molar-refractivity contribution < 1.29 is 0 Å². The molecule has 5 aromatic rings. The highest BCUT2D eigenvalue weighted by molar-refractivity contribution is 6.30. The van der Waals surface area contributed by atoms with Crippen molar-refractivity contribution in [1.29, 1.82) is 0 Å². The molecule has 36 heavy (non-hydrogen) atoms. The van der Waals surface area contributed by atoms with Gasteiger partial charge in [0, 0.05) is 21.7 Å². The molecule has 2 nitrogen and oxygen atoms in total. The predicted octanol–water partition coefficient (Wildman–Crippen LogP) is 8.95. The quantitative estimate of drug-likeness (QED) is 0.241. The number of hydrogen-bond acceptors (Lipinski definition) is 1. The second-order valence-corrected chi connectivity index (χ2v) is 9.72. The zero-order chi connectivity index (χ0) is 24.1. The summed E-state index contributed by atoms with van der Waals surface area (Å²) in [6.07, 6.45) is 11.8. The number of hydrogen-bond donors (Lipinski definition) is 0. The normalized spacial score (nSPS) is 14.0. The lowest BCUT2D eigenvalue weighted by molar-refractivity contribution is 0.822. The molecule has 0 spiro atoms. The Balaban J connectivity index is 1.64. The Bertz CT molecular complexity index is 1740. The van der Waals surface area contributed by atoms with E-state index in [1.54, 1.807) is 0 Å². The van der Waals surface area contributed by atoms with Gasteiger partial charge in [-0.3, -0.25) is 0 Å². The zero-order valence-electron chi connectivity index (χ0n) is 19.7. The van der Waals surface area contributed by atoms with E-state index in [9.17, 15) is 0 Å². The van der Waals surface area contributed by atoms with Crippen molar-refractivity contribution in [1.82, 2.24) is 9.55 Å². The minimum absolute atomic E-state index is 0.693. The molecule has 1 aromatic heterocycles. The first-order chi connectivity index (χ1) is 17.8. The highest BCUT2D eigenvalue weighted by Crippen LogP contribution is 2.45. The second kappa shape index (κ2) is 8.51. The fraction of sp³-hybridized carbons (Fsp3) is 0.0606. The third-order valence-electron chi connectivity index (χ3n) is 7.11. The van der Waals surface area contributed by atoms with Crippen molar-refractivity contribution in [3.63, 3.8) is 0 Å². The smallest absolute Gasteiger partial charge is 0.142 e. The van der Waals surface area contributed by atoms with E-state index in [1.165, 1.54) is 33.0 Å². The van der Waals surface area contributed by atoms with E-state index in [-0.39, 0.29) is 0 Å². The highest BCUT2D eigenvalue weighted by atomic mass is 35.5. The van der Waals surface area contributed by atoms with Gasteiger partial charge in [0.05, 0.1) is 17.9 Å². The monoisotopic (exact) mass is 482 g/mol. The van der Waals surface area contributed by atoms with Crippen LogP contribution in [0.3, 0.4) is 0 Å². The van der Waals surface area contributed by atoms with Gasteiger partial charge in [-0.05, 0) is 46.0 Å². The third-order valence-corrected chi connectivity index (χ3v) is 7.34. The minimum Gasteiger partial charge on any atom is -0.319 e. The number of benzene rings is 4. The molecule has 0 radical (unpaired) electrons. The SMILES string of the molecule is Clc1ccc2c(c1)Cn1c(nc(C3=CC=CCC=C3)c1-c1ccccc1)-c1c-2ccc2ccccc12. The number of allylic oxidation sites excluding steroid dienone is 6. The molecule has 0 atom stereocenters. The van der Waals surface area contributed by atoms with Crippen LogP contribution in [0, 0.1) is 0 Å². The van der Waals surface area contributed by atoms with Gasteiger partial charge in [-0.15, -0.1) is 0 Å². The number of fused-ring (bicyclic) bond motifs is 7. The summed E-state index contributed by atoms with van der Waals surface area (Å²) < 4.78 is 2.39. The van der Waals surface area contributed by atoms with Crippen molar-refractivity contribution in [3.05, 3.63) is 132 Å². The van der Waals surface area contributed by atoms with Crippen LogP contribution in [0.15, 0.2) is 115 Å². The highest BCUT2D eigenvalue weighted by Gasteiger charge is 2.28. The molecule has 172 valence electrons. The Hall–Kier alpha value is -4.14. The first-order valence-electron chi connectivity index (χ1n) is 12.3. The van der Waals surface area contributed by atoms with Crippen LogP contribution >= 0.6 is 11.6 Å². The lowest BCUT2D eigenvalue weighted by Gasteiger charge is -2.13. The maximum Gasteiger partial charge on any atom is 0.142 e. The molecule has 0 saturated carbocycles. The minimum atomic E-state index is 0.693. The summed E-state index contributed by atoms with van der Waals surface area (Å²) in [5, 5.41) is 3.17. The number of rotatable bonds is 2. The van der Waals surface area contributed by atoms with Crippen molar-refractivity contribution in [2.45, 2.75) is 13.0 Å². The Kier molecular flexibility index (Phi) is 5.00. The van der Waals surface area contributed by atoms with Gasteiger partial charge >= 0.3 is 0 Å². The summed E-state index contributed by atoms with van der Waals surface area (Å²) in [6.45, 7) is 0.693. The Morgan fingerprint density at radius 1 is 0.806 bits per heavy atom. The van der Waals surface area contributed by atoms with E-state index in [2.05, 4.69) is 114 Å². The van der Waals surface area contributed by atoms with Crippen LogP contribution in [0.5, 0.6) is 0 Å². The van der Waals surface area contributed by atoms with Gasteiger partial charge < -0.3 is 4.57 Å². The molecular formula is C33H23ClN2. The van der Waals surface area contributed by atoms with Crippen molar-refractivity contribution >= 4 is 27.9 Å². The van der Waals surface area contributed by atoms with E-state index in [0.29, 0.717) is 6.54 Å². The third kappa shape index (κ3) is 3.37. The van der Waals surface area contributed by atoms with Crippen molar-refractivity contribution in [2.75, 3.05) is 0 Å². The number of imidazole rings is 1. The van der Waals surface area contributed by atoms with Gasteiger partial charge in [-0.1, -0.05) is 115 Å². The van der Waals surface area contributed by atoms with Crippen molar-refractivity contribution in [3.8, 4) is 33.8 Å². The molecule has 7 rings (SSSR count). The van der Waals surface area contributed by atoms with Gasteiger partial charge in [0.1, 0.15) is 5.82 Å². The number of halogens is 1. The van der Waals surface area contributed by atoms with Crippen molar-refractivity contribution in [2.24, 2.45) is 0 Å². The van der Waals surface area contributed by atoms with E-state index in [1.807, 2.05) is 6.07 Å². The molecular weight excluding hydrogens is 460 g/mol. The number of aromatic nitrogens is 2. The lowest BCUT2D eigenvalue weighted by atomic mass is 9.92. The Morgan fingerprint density at radius 3 is 2.56 bits per heavy atom. The summed E-state index contributed by atoms with van der Waals surface area (Å²) in [5.41, 5.74) is 9.18. The first-order valence-corrected chi connectivity index (χ1v) is 12.7. The van der Waals surface area contributed by atoms with E-state index >= 15 is 0 Å². The summed E-state index contributed by atoms with van der Waals surface area (Å²) in [6, 6.07) is 29.9. The van der Waals surface area contributed by atoms with E-state index in [0.717, 1.165) is 39.8 Å². The molecule has 4 aromatic carbocycles. The standard InChI is InChI=1S/C33H23ClN2/c34-26-17-19-27-25(20-26)21-36-32(24-13-6-3-7-14-24)31(23-11-4-1-2-5-12-23)35-33(36)30-28-15-9-8-10-22(28)16-18-29(27)30/h1,3-20H,2,21H2. The zero-order valence-corrected chi connectivity index (χ0v) is 20.4. The molecule has 0 amide bonds. The van der Waals surface area contributed by atoms with Gasteiger partial charge in [0.25, 0.3) is 0 Å². The molecule has 0 unspecified atom stereocenters. The molecule has 1 aliphatic heterocycles. The molecule has 1 aliphatic carbocycles. The van der Waals surface area contributed by atoms with Crippen LogP contribution in [0.1, 0.15) is 17.7 Å². The fourth-order valence-electron chi connectivity index (χ4n) is 5.49. The van der Waals surface area contributed by atoms with Gasteiger partial charge in [0.15, 0.2) is 0 Å². The maximum atomic E-state index is 6.53. The summed E-state index contributed by atoms with van der Waals surface area (Å²) in [5.74, 6) is 0.991. The largest absolute Gasteiger partial charge is 0.319 e. The van der Waals surface area contributed by atoms with Crippen LogP contribution in [0.4, 0.5) is 0 Å². The van der Waals surface area contributed by atoms with Gasteiger partial charge in [0.2, 0.25) is 0 Å². The molecule has 0 fully saturated rings. The number of nitrogens with zero attached hydrogens (tertiary/aromatic N) is 2. The van der Waals surface area contributed by atoms with Crippen LogP contribution in [-0.4, -0.2) is 9.55 Å². The van der Waals surface area contributed by atoms with Crippen LogP contribution < -0.4 is 0 Å². The first kappa shape index (κ1) is 21.2. The van der Waals surface area contributed by atoms with E-state index in [4.69, 9.17) is 16.6 Å². The van der Waals surface area contributed by atoms with E-state index < -0.39 is 0 Å². The fourth-order valence-corrected chi connectivity index (χ4v) is 5.68. The average Bonchev–Trinajstić information content (AvgIpc) is 3.05.